The van der Waals surface area contributed by atoms with Crippen molar-refractivity contribution >= 4 is 5.91 Å². The second-order valence-electron chi connectivity index (χ2n) is 5.16. The first-order chi connectivity index (χ1) is 9.13. The highest BCUT2D eigenvalue weighted by Gasteiger charge is 2.34. The van der Waals surface area contributed by atoms with Gasteiger partial charge in [0.1, 0.15) is 6.61 Å². The minimum Gasteiger partial charge on any atom is -0.384 e. The summed E-state index contributed by atoms with van der Waals surface area (Å²) in [5.41, 5.74) is 1.29. The van der Waals surface area contributed by atoms with E-state index in [1.54, 1.807) is 11.0 Å². The van der Waals surface area contributed by atoms with E-state index in [0.717, 1.165) is 12.5 Å². The van der Waals surface area contributed by atoms with Crippen molar-refractivity contribution in [2.45, 2.75) is 13.3 Å². The molecule has 1 amide bonds. The Balaban J connectivity index is 2.13. The molecule has 0 radical (unpaired) electrons. The minimum atomic E-state index is -0.196. The molecule has 3 nitrogen and oxygen atoms in total. The van der Waals surface area contributed by atoms with Crippen LogP contribution in [0, 0.1) is 23.7 Å². The summed E-state index contributed by atoms with van der Waals surface area (Å²) in [5.74, 6) is 6.80. The zero-order valence-corrected chi connectivity index (χ0v) is 11.4. The molecule has 2 unspecified atom stereocenters. The van der Waals surface area contributed by atoms with Crippen molar-refractivity contribution in [3.63, 3.8) is 0 Å². The Bertz CT molecular complexity index is 527. The van der Waals surface area contributed by atoms with Gasteiger partial charge < -0.3 is 10.0 Å². The van der Waals surface area contributed by atoms with Crippen LogP contribution >= 0.6 is 0 Å². The normalized spacial score (nSPS) is 20.4. The summed E-state index contributed by atoms with van der Waals surface area (Å²) in [6.45, 7) is 2.82. The van der Waals surface area contributed by atoms with Crippen LogP contribution in [-0.2, 0) is 0 Å². The molecule has 1 aromatic carbocycles. The molecule has 0 spiro atoms. The zero-order chi connectivity index (χ0) is 13.8. The number of hydrogen-bond acceptors (Lipinski definition) is 2. The first-order valence-electron chi connectivity index (χ1n) is 6.57. The van der Waals surface area contributed by atoms with Gasteiger partial charge in [0, 0.05) is 19.2 Å². The van der Waals surface area contributed by atoms with Crippen molar-refractivity contribution < 1.29 is 9.90 Å². The molecule has 100 valence electrons. The third kappa shape index (κ3) is 3.36. The van der Waals surface area contributed by atoms with Crippen molar-refractivity contribution in [3.8, 4) is 11.8 Å². The Morgan fingerprint density at radius 1 is 1.47 bits per heavy atom. The summed E-state index contributed by atoms with van der Waals surface area (Å²) in [5, 5.41) is 8.75. The van der Waals surface area contributed by atoms with Crippen molar-refractivity contribution in [1.29, 1.82) is 0 Å². The number of aliphatic hydroxyl groups is 1. The number of carbonyl (C=O) groups is 1. The first kappa shape index (κ1) is 13.6. The number of aliphatic hydroxyl groups excluding tert-OH is 1. The monoisotopic (exact) mass is 257 g/mol. The molecule has 2 atom stereocenters. The fourth-order valence-corrected chi connectivity index (χ4v) is 2.21. The number of benzene rings is 1. The van der Waals surface area contributed by atoms with Crippen LogP contribution in [0.25, 0.3) is 0 Å². The van der Waals surface area contributed by atoms with Crippen molar-refractivity contribution in [2.75, 3.05) is 20.2 Å². The highest BCUT2D eigenvalue weighted by Crippen LogP contribution is 2.38. The molecule has 0 heterocycles. The molecule has 1 aliphatic carbocycles. The van der Waals surface area contributed by atoms with Gasteiger partial charge in [-0.25, -0.2) is 0 Å². The van der Waals surface area contributed by atoms with E-state index < -0.39 is 0 Å². The molecule has 1 fully saturated rings. The Morgan fingerprint density at radius 2 is 2.16 bits per heavy atom. The molecule has 1 saturated carbocycles. The third-order valence-electron chi connectivity index (χ3n) is 3.59. The van der Waals surface area contributed by atoms with E-state index in [-0.39, 0.29) is 12.5 Å². The molecule has 2 rings (SSSR count). The van der Waals surface area contributed by atoms with Crippen LogP contribution in [0.3, 0.4) is 0 Å². The SMILES string of the molecule is CC1CC1CN(C)C(=O)c1ccccc1C#CCO. The van der Waals surface area contributed by atoms with E-state index in [9.17, 15) is 4.79 Å². The van der Waals surface area contributed by atoms with Gasteiger partial charge in [0.2, 0.25) is 0 Å². The maximum Gasteiger partial charge on any atom is 0.254 e. The lowest BCUT2D eigenvalue weighted by Crippen LogP contribution is -2.29. The molecule has 1 aliphatic rings. The lowest BCUT2D eigenvalue weighted by Gasteiger charge is -2.17. The maximum absolute atomic E-state index is 12.4. The fraction of sp³-hybridized carbons (Fsp3) is 0.438. The Labute approximate surface area is 114 Å². The van der Waals surface area contributed by atoms with Gasteiger partial charge >= 0.3 is 0 Å². The second-order valence-corrected chi connectivity index (χ2v) is 5.16. The molecule has 0 saturated heterocycles. The van der Waals surface area contributed by atoms with Gasteiger partial charge in [0.05, 0.1) is 5.56 Å². The average molecular weight is 257 g/mol. The van der Waals surface area contributed by atoms with Gasteiger partial charge in [-0.2, -0.15) is 0 Å². The predicted octanol–water partition coefficient (Wildman–Crippen LogP) is 1.76. The molecule has 3 heteroatoms. The van der Waals surface area contributed by atoms with Gasteiger partial charge in [0.15, 0.2) is 0 Å². The summed E-state index contributed by atoms with van der Waals surface area (Å²) in [6.07, 6.45) is 1.21. The van der Waals surface area contributed by atoms with Crippen molar-refractivity contribution in [1.82, 2.24) is 4.90 Å². The molecule has 0 aliphatic heterocycles. The lowest BCUT2D eigenvalue weighted by molar-refractivity contribution is 0.0787. The van der Waals surface area contributed by atoms with Gasteiger partial charge in [0.25, 0.3) is 5.91 Å². The molecule has 1 N–H and O–H groups in total. The first-order valence-corrected chi connectivity index (χ1v) is 6.57. The highest BCUT2D eigenvalue weighted by molar-refractivity contribution is 5.96. The smallest absolute Gasteiger partial charge is 0.254 e. The largest absolute Gasteiger partial charge is 0.384 e. The minimum absolute atomic E-state index is 0.00180. The van der Waals surface area contributed by atoms with Crippen molar-refractivity contribution in [2.24, 2.45) is 11.8 Å². The number of carbonyl (C=O) groups excluding carboxylic acids is 1. The highest BCUT2D eigenvalue weighted by atomic mass is 16.2. The average Bonchev–Trinajstić information content (AvgIpc) is 3.11. The van der Waals surface area contributed by atoms with Crippen LogP contribution in [0.4, 0.5) is 0 Å². The molecule has 19 heavy (non-hydrogen) atoms. The molecular weight excluding hydrogens is 238 g/mol. The molecular formula is C16H19NO2. The Hall–Kier alpha value is -1.79. The van der Waals surface area contributed by atoms with E-state index in [2.05, 4.69) is 18.8 Å². The lowest BCUT2D eigenvalue weighted by atomic mass is 10.1. The van der Waals surface area contributed by atoms with Gasteiger partial charge in [-0.15, -0.1) is 0 Å². The number of rotatable bonds is 3. The van der Waals surface area contributed by atoms with E-state index in [1.165, 1.54) is 6.42 Å². The van der Waals surface area contributed by atoms with Crippen LogP contribution in [-0.4, -0.2) is 36.1 Å². The number of amides is 1. The predicted molar refractivity (Wildman–Crippen MR) is 74.6 cm³/mol. The van der Waals surface area contributed by atoms with Crippen molar-refractivity contribution in [3.05, 3.63) is 35.4 Å². The van der Waals surface area contributed by atoms with Crippen LogP contribution < -0.4 is 0 Å². The Kier molecular flexibility index (Phi) is 4.24. The molecule has 0 aromatic heterocycles. The molecule has 1 aromatic rings. The topological polar surface area (TPSA) is 40.5 Å². The molecule has 0 bridgehead atoms. The quantitative estimate of drug-likeness (QED) is 0.838. The van der Waals surface area contributed by atoms with Crippen LogP contribution in [0.15, 0.2) is 24.3 Å². The van der Waals surface area contributed by atoms with Gasteiger partial charge in [-0.3, -0.25) is 4.79 Å². The van der Waals surface area contributed by atoms with Gasteiger partial charge in [-0.05, 0) is 30.4 Å². The summed E-state index contributed by atoms with van der Waals surface area (Å²) in [6, 6.07) is 7.28. The zero-order valence-electron chi connectivity index (χ0n) is 11.4. The second kappa shape index (κ2) is 5.90. The maximum atomic E-state index is 12.4. The summed E-state index contributed by atoms with van der Waals surface area (Å²) < 4.78 is 0. The fourth-order valence-electron chi connectivity index (χ4n) is 2.21. The number of nitrogens with zero attached hydrogens (tertiary/aromatic N) is 1. The van der Waals surface area contributed by atoms with E-state index in [0.29, 0.717) is 17.0 Å². The van der Waals surface area contributed by atoms with E-state index >= 15 is 0 Å². The third-order valence-corrected chi connectivity index (χ3v) is 3.59. The summed E-state index contributed by atoms with van der Waals surface area (Å²) in [7, 11) is 1.84. The Morgan fingerprint density at radius 3 is 2.79 bits per heavy atom. The summed E-state index contributed by atoms with van der Waals surface area (Å²) in [4.78, 5) is 14.2. The van der Waals surface area contributed by atoms with Crippen LogP contribution in [0.1, 0.15) is 29.3 Å². The van der Waals surface area contributed by atoms with Crippen LogP contribution in [0.2, 0.25) is 0 Å². The van der Waals surface area contributed by atoms with E-state index in [4.69, 9.17) is 5.11 Å². The van der Waals surface area contributed by atoms with E-state index in [1.807, 2.05) is 25.2 Å². The van der Waals surface area contributed by atoms with Crippen LogP contribution in [0.5, 0.6) is 0 Å². The van der Waals surface area contributed by atoms with Gasteiger partial charge in [-0.1, -0.05) is 30.9 Å². The summed E-state index contributed by atoms with van der Waals surface area (Å²) >= 11 is 0. The standard InChI is InChI=1S/C16H19NO2/c1-12-10-14(12)11-17(2)16(19)15-8-4-3-6-13(15)7-5-9-18/h3-4,6,8,12,14,18H,9-11H2,1-2H3. The number of hydrogen-bond donors (Lipinski definition) is 1.